The summed E-state index contributed by atoms with van der Waals surface area (Å²) in [7, 11) is -2.92. The zero-order valence-corrected chi connectivity index (χ0v) is 12.3. The molecule has 106 valence electrons. The molecule has 2 atom stereocenters. The third-order valence-corrected chi connectivity index (χ3v) is 5.28. The molecule has 0 aromatic rings. The van der Waals surface area contributed by atoms with Crippen LogP contribution in [0.5, 0.6) is 0 Å². The first kappa shape index (κ1) is 14.3. The molecule has 2 fully saturated rings. The van der Waals surface area contributed by atoms with E-state index in [-0.39, 0.29) is 17.4 Å². The van der Waals surface area contributed by atoms with Gasteiger partial charge in [0.1, 0.15) is 9.84 Å². The Morgan fingerprint density at radius 3 is 2.67 bits per heavy atom. The molecule has 1 saturated heterocycles. The maximum absolute atomic E-state index is 11.5. The molecule has 0 aromatic heterocycles. The summed E-state index contributed by atoms with van der Waals surface area (Å²) < 4.78 is 29.0. The Morgan fingerprint density at radius 1 is 1.44 bits per heavy atom. The van der Waals surface area contributed by atoms with Crippen molar-refractivity contribution in [1.82, 2.24) is 5.32 Å². The van der Waals surface area contributed by atoms with Gasteiger partial charge in [-0.15, -0.1) is 0 Å². The second-order valence-corrected chi connectivity index (χ2v) is 8.08. The van der Waals surface area contributed by atoms with Gasteiger partial charge in [0.25, 0.3) is 0 Å². The maximum atomic E-state index is 11.5. The molecule has 1 aliphatic carbocycles. The Kier molecular flexibility index (Phi) is 4.34. The van der Waals surface area contributed by atoms with Crippen molar-refractivity contribution >= 4 is 9.84 Å². The number of nitrogens with one attached hydrogen (secondary N) is 1. The van der Waals surface area contributed by atoms with Crippen LogP contribution in [-0.2, 0) is 14.6 Å². The second-order valence-electron chi connectivity index (χ2n) is 5.89. The minimum atomic E-state index is -2.92. The van der Waals surface area contributed by atoms with Crippen LogP contribution in [0.3, 0.4) is 0 Å². The number of sulfone groups is 1. The van der Waals surface area contributed by atoms with E-state index in [0.29, 0.717) is 5.92 Å². The van der Waals surface area contributed by atoms with Crippen LogP contribution in [0.1, 0.15) is 39.0 Å². The highest BCUT2D eigenvalue weighted by Gasteiger charge is 2.44. The van der Waals surface area contributed by atoms with Gasteiger partial charge in [-0.05, 0) is 44.6 Å². The van der Waals surface area contributed by atoms with E-state index in [1.807, 2.05) is 6.92 Å². The van der Waals surface area contributed by atoms with Crippen molar-refractivity contribution in [3.63, 3.8) is 0 Å². The Hall–Kier alpha value is -0.130. The summed E-state index contributed by atoms with van der Waals surface area (Å²) in [5.74, 6) is 0.690. The average molecular weight is 275 g/mol. The van der Waals surface area contributed by atoms with Crippen LogP contribution in [0.25, 0.3) is 0 Å². The molecular weight excluding hydrogens is 250 g/mol. The smallest absolute Gasteiger partial charge is 0.148 e. The molecule has 2 aliphatic rings. The van der Waals surface area contributed by atoms with Gasteiger partial charge < -0.3 is 10.1 Å². The minimum absolute atomic E-state index is 0.0892. The molecular formula is C13H25NO3S. The van der Waals surface area contributed by atoms with Gasteiger partial charge in [0, 0.05) is 18.9 Å². The lowest BCUT2D eigenvalue weighted by atomic mass is 9.70. The van der Waals surface area contributed by atoms with Crippen LogP contribution in [0.15, 0.2) is 0 Å². The van der Waals surface area contributed by atoms with E-state index in [0.717, 1.165) is 38.8 Å². The molecule has 5 heteroatoms. The highest BCUT2D eigenvalue weighted by atomic mass is 32.2. The minimum Gasteiger partial charge on any atom is -0.375 e. The van der Waals surface area contributed by atoms with Crippen LogP contribution in [0.4, 0.5) is 0 Å². The van der Waals surface area contributed by atoms with E-state index in [4.69, 9.17) is 4.74 Å². The Morgan fingerprint density at radius 2 is 2.17 bits per heavy atom. The normalized spacial score (nSPS) is 28.9. The van der Waals surface area contributed by atoms with Crippen LogP contribution < -0.4 is 5.32 Å². The fraction of sp³-hybridized carbons (Fsp3) is 1.00. The lowest BCUT2D eigenvalue weighted by Gasteiger charge is -2.48. The van der Waals surface area contributed by atoms with Crippen LogP contribution in [0, 0.1) is 5.92 Å². The van der Waals surface area contributed by atoms with Crippen molar-refractivity contribution in [2.75, 3.05) is 25.2 Å². The molecule has 4 nitrogen and oxygen atoms in total. The lowest BCUT2D eigenvalue weighted by molar-refractivity contribution is -0.146. The van der Waals surface area contributed by atoms with Gasteiger partial charge in [0.05, 0.1) is 11.4 Å². The summed E-state index contributed by atoms with van der Waals surface area (Å²) >= 11 is 0. The predicted octanol–water partition coefficient (Wildman–Crippen LogP) is 1.36. The van der Waals surface area contributed by atoms with Crippen molar-refractivity contribution in [1.29, 1.82) is 0 Å². The summed E-state index contributed by atoms with van der Waals surface area (Å²) in [5, 5.41) is 3.36. The number of rotatable bonds is 5. The zero-order valence-electron chi connectivity index (χ0n) is 11.4. The highest BCUT2D eigenvalue weighted by Crippen LogP contribution is 2.45. The van der Waals surface area contributed by atoms with Gasteiger partial charge >= 0.3 is 0 Å². The fourth-order valence-electron chi connectivity index (χ4n) is 3.28. The SMILES string of the molecule is CCNC(CS(C)(=O)=O)C1CCOC2(CCC2)C1. The Labute approximate surface area is 110 Å². The third-order valence-electron chi connectivity index (χ3n) is 4.31. The number of ether oxygens (including phenoxy) is 1. The predicted molar refractivity (Wildman–Crippen MR) is 72.4 cm³/mol. The van der Waals surface area contributed by atoms with Crippen molar-refractivity contribution in [3.8, 4) is 0 Å². The third kappa shape index (κ3) is 3.45. The van der Waals surface area contributed by atoms with E-state index >= 15 is 0 Å². The van der Waals surface area contributed by atoms with Crippen molar-refractivity contribution in [2.45, 2.75) is 50.7 Å². The van der Waals surface area contributed by atoms with E-state index in [1.54, 1.807) is 0 Å². The molecule has 0 bridgehead atoms. The molecule has 1 aliphatic heterocycles. The first-order valence-electron chi connectivity index (χ1n) is 6.99. The van der Waals surface area contributed by atoms with Gasteiger partial charge in [-0.25, -0.2) is 8.42 Å². The second kappa shape index (κ2) is 5.47. The van der Waals surface area contributed by atoms with Crippen LogP contribution >= 0.6 is 0 Å². The van der Waals surface area contributed by atoms with E-state index in [1.165, 1.54) is 12.7 Å². The molecule has 18 heavy (non-hydrogen) atoms. The largest absolute Gasteiger partial charge is 0.375 e. The van der Waals surface area contributed by atoms with Gasteiger partial charge in [0.2, 0.25) is 0 Å². The van der Waals surface area contributed by atoms with Crippen molar-refractivity contribution in [2.24, 2.45) is 5.92 Å². The van der Waals surface area contributed by atoms with Gasteiger partial charge in [-0.2, -0.15) is 0 Å². The Bertz CT molecular complexity index is 376. The first-order valence-corrected chi connectivity index (χ1v) is 9.05. The van der Waals surface area contributed by atoms with Crippen molar-refractivity contribution < 1.29 is 13.2 Å². The molecule has 1 saturated carbocycles. The summed E-state index contributed by atoms with van der Waals surface area (Å²) in [5.41, 5.74) is 0.0914. The quantitative estimate of drug-likeness (QED) is 0.823. The average Bonchev–Trinajstić information content (AvgIpc) is 2.25. The fourth-order valence-corrected chi connectivity index (χ4v) is 4.32. The molecule has 1 N–H and O–H groups in total. The lowest BCUT2D eigenvalue weighted by Crippen LogP contribution is -2.51. The summed E-state index contributed by atoms with van der Waals surface area (Å²) in [6.07, 6.45) is 6.90. The zero-order chi connectivity index (χ0) is 13.2. The molecule has 0 amide bonds. The number of hydrogen-bond acceptors (Lipinski definition) is 4. The van der Waals surface area contributed by atoms with Gasteiger partial charge in [0.15, 0.2) is 0 Å². The first-order chi connectivity index (χ1) is 8.44. The van der Waals surface area contributed by atoms with Crippen LogP contribution in [0.2, 0.25) is 0 Å². The topological polar surface area (TPSA) is 55.4 Å². The van der Waals surface area contributed by atoms with Gasteiger partial charge in [-0.3, -0.25) is 0 Å². The Balaban J connectivity index is 2.00. The maximum Gasteiger partial charge on any atom is 0.148 e. The molecule has 1 heterocycles. The molecule has 1 spiro atoms. The summed E-state index contributed by atoms with van der Waals surface area (Å²) in [4.78, 5) is 0. The molecule has 0 radical (unpaired) electrons. The highest BCUT2D eigenvalue weighted by molar-refractivity contribution is 7.90. The van der Waals surface area contributed by atoms with Crippen molar-refractivity contribution in [3.05, 3.63) is 0 Å². The molecule has 2 rings (SSSR count). The van der Waals surface area contributed by atoms with Gasteiger partial charge in [-0.1, -0.05) is 6.92 Å². The summed E-state index contributed by atoms with van der Waals surface area (Å²) in [6.45, 7) is 3.65. The van der Waals surface area contributed by atoms with E-state index in [9.17, 15) is 8.42 Å². The molecule has 0 aromatic carbocycles. The standard InChI is InChI=1S/C13H25NO3S/c1-3-14-12(10-18(2,15)16)11-5-8-17-13(9-11)6-4-7-13/h11-12,14H,3-10H2,1-2H3. The van der Waals surface area contributed by atoms with Crippen LogP contribution in [-0.4, -0.2) is 45.2 Å². The summed E-state index contributed by atoms with van der Waals surface area (Å²) in [6, 6.07) is 0.0892. The van der Waals surface area contributed by atoms with E-state index < -0.39 is 9.84 Å². The van der Waals surface area contributed by atoms with E-state index in [2.05, 4.69) is 5.32 Å². The monoisotopic (exact) mass is 275 g/mol. The molecule has 2 unspecified atom stereocenters. The number of hydrogen-bond donors (Lipinski definition) is 1.